The van der Waals surface area contributed by atoms with E-state index in [-0.39, 0.29) is 29.5 Å². The molecule has 4 aromatic carbocycles. The zero-order chi connectivity index (χ0) is 30.6. The summed E-state index contributed by atoms with van der Waals surface area (Å²) in [6.07, 6.45) is 1.92. The zero-order valence-electron chi connectivity index (χ0n) is 24.3. The molecule has 1 atom stereocenters. The predicted molar refractivity (Wildman–Crippen MR) is 162 cm³/mol. The number of phenolic OH excluding ortho intramolecular Hbond substituents is 1. The van der Waals surface area contributed by atoms with E-state index in [0.29, 0.717) is 62.0 Å². The lowest BCUT2D eigenvalue weighted by atomic mass is 9.87. The number of aryl methyl sites for hydroxylation is 1. The summed E-state index contributed by atoms with van der Waals surface area (Å²) < 4.78 is 31.4. The largest absolute Gasteiger partial charge is 0.507 e. The summed E-state index contributed by atoms with van der Waals surface area (Å²) in [5.74, 6) is 1.05. The lowest BCUT2D eigenvalue weighted by Crippen LogP contribution is -2.40. The standard InChI is InChI=1S/C35H33FN2O6/c1-42-31-21-28-23-14-16-38(33(40)13-8-22-6-9-25(36)10-7-22)34(28)24-4-2-5-26(18-24)43-17-3-15-37-35(41)29-20-27(11-12-30(29)39)44-32(31)19-23/h2,4-7,9-12,18-21,34,39H,3,8,13-17H2,1H3,(H,37,41). The van der Waals surface area contributed by atoms with Crippen molar-refractivity contribution in [3.05, 3.63) is 112 Å². The van der Waals surface area contributed by atoms with Crippen LogP contribution in [0.4, 0.5) is 4.39 Å². The monoisotopic (exact) mass is 596 g/mol. The van der Waals surface area contributed by atoms with Crippen LogP contribution in [0.25, 0.3) is 0 Å². The third kappa shape index (κ3) is 6.17. The van der Waals surface area contributed by atoms with Gasteiger partial charge in [0.2, 0.25) is 5.91 Å². The second-order valence-corrected chi connectivity index (χ2v) is 10.9. The molecule has 0 radical (unpaired) electrons. The molecule has 8 nitrogen and oxygen atoms in total. The quantitative estimate of drug-likeness (QED) is 0.302. The normalized spacial score (nSPS) is 16.2. The molecule has 226 valence electrons. The minimum Gasteiger partial charge on any atom is -0.507 e. The van der Waals surface area contributed by atoms with Gasteiger partial charge in [0.1, 0.15) is 23.1 Å². The number of carbonyl (C=O) groups is 2. The molecule has 3 aliphatic heterocycles. The fraction of sp³-hybridized carbons (Fsp3) is 0.257. The van der Waals surface area contributed by atoms with Crippen LogP contribution >= 0.6 is 0 Å². The minimum absolute atomic E-state index is 0.00917. The van der Waals surface area contributed by atoms with E-state index in [0.717, 1.165) is 22.3 Å². The Morgan fingerprint density at radius 3 is 2.73 bits per heavy atom. The second kappa shape index (κ2) is 12.7. The Morgan fingerprint density at radius 1 is 1.07 bits per heavy atom. The van der Waals surface area contributed by atoms with Crippen LogP contribution in [0.2, 0.25) is 0 Å². The van der Waals surface area contributed by atoms with Gasteiger partial charge in [-0.3, -0.25) is 9.59 Å². The number of carbonyl (C=O) groups excluding carboxylic acids is 2. The topological polar surface area (TPSA) is 97.3 Å². The summed E-state index contributed by atoms with van der Waals surface area (Å²) in [5.41, 5.74) is 3.81. The van der Waals surface area contributed by atoms with E-state index in [1.54, 1.807) is 25.3 Å². The molecule has 3 heterocycles. The first-order chi connectivity index (χ1) is 21.4. The summed E-state index contributed by atoms with van der Waals surface area (Å²) in [6.45, 7) is 1.19. The highest BCUT2D eigenvalue weighted by molar-refractivity contribution is 5.97. The van der Waals surface area contributed by atoms with Crippen molar-refractivity contribution in [1.29, 1.82) is 0 Å². The Bertz CT molecular complexity index is 1690. The SMILES string of the molecule is COc1cc2c3cc1Oc1ccc(O)c(c1)C(=O)NCCCOc1cccc(c1)C2N(C(=O)CCc1ccc(F)cc1)CC3. The lowest BCUT2D eigenvalue weighted by molar-refractivity contribution is -0.133. The van der Waals surface area contributed by atoms with Gasteiger partial charge < -0.3 is 29.5 Å². The molecule has 4 aromatic rings. The van der Waals surface area contributed by atoms with E-state index in [4.69, 9.17) is 14.2 Å². The molecule has 7 rings (SSSR count). The summed E-state index contributed by atoms with van der Waals surface area (Å²) in [4.78, 5) is 28.5. The lowest BCUT2D eigenvalue weighted by Gasteiger charge is -2.38. The molecule has 0 spiro atoms. The predicted octanol–water partition coefficient (Wildman–Crippen LogP) is 5.95. The number of phenols is 1. The smallest absolute Gasteiger partial charge is 0.255 e. The Balaban J connectivity index is 1.40. The second-order valence-electron chi connectivity index (χ2n) is 10.9. The molecule has 44 heavy (non-hydrogen) atoms. The van der Waals surface area contributed by atoms with Crippen molar-refractivity contribution < 1.29 is 33.3 Å². The van der Waals surface area contributed by atoms with Crippen molar-refractivity contribution in [2.24, 2.45) is 0 Å². The van der Waals surface area contributed by atoms with Crippen molar-refractivity contribution >= 4 is 11.8 Å². The van der Waals surface area contributed by atoms with E-state index in [1.807, 2.05) is 41.3 Å². The number of nitrogens with one attached hydrogen (secondary N) is 1. The number of benzene rings is 4. The summed E-state index contributed by atoms with van der Waals surface area (Å²) in [5, 5.41) is 13.2. The van der Waals surface area contributed by atoms with Crippen LogP contribution in [0.3, 0.4) is 0 Å². The van der Waals surface area contributed by atoms with Gasteiger partial charge in [-0.15, -0.1) is 0 Å². The van der Waals surface area contributed by atoms with Gasteiger partial charge >= 0.3 is 0 Å². The van der Waals surface area contributed by atoms with Crippen molar-refractivity contribution in [3.63, 3.8) is 0 Å². The maximum Gasteiger partial charge on any atom is 0.255 e. The Kier molecular flexibility index (Phi) is 8.36. The number of ether oxygens (including phenoxy) is 3. The molecule has 0 saturated carbocycles. The fourth-order valence-electron chi connectivity index (χ4n) is 5.76. The molecular formula is C35H33FN2O6. The summed E-state index contributed by atoms with van der Waals surface area (Å²) in [6, 6.07) is 21.9. The van der Waals surface area contributed by atoms with Gasteiger partial charge in [-0.1, -0.05) is 24.3 Å². The van der Waals surface area contributed by atoms with Crippen LogP contribution in [-0.2, 0) is 17.6 Å². The van der Waals surface area contributed by atoms with Crippen molar-refractivity contribution in [3.8, 4) is 28.7 Å². The number of hydrogen-bond acceptors (Lipinski definition) is 6. The molecule has 2 amide bonds. The summed E-state index contributed by atoms with van der Waals surface area (Å²) in [7, 11) is 1.55. The number of rotatable bonds is 4. The van der Waals surface area contributed by atoms with Crippen molar-refractivity contribution in [2.45, 2.75) is 31.7 Å². The van der Waals surface area contributed by atoms with Gasteiger partial charge in [-0.25, -0.2) is 4.39 Å². The third-order valence-electron chi connectivity index (χ3n) is 8.00. The van der Waals surface area contributed by atoms with Gasteiger partial charge in [0.15, 0.2) is 11.5 Å². The number of methoxy groups -OCH3 is 1. The number of nitrogens with zero attached hydrogens (tertiary/aromatic N) is 1. The van der Waals surface area contributed by atoms with E-state index in [9.17, 15) is 19.1 Å². The molecule has 1 unspecified atom stereocenters. The van der Waals surface area contributed by atoms with Gasteiger partial charge in [-0.2, -0.15) is 0 Å². The number of hydrogen-bond donors (Lipinski definition) is 2. The number of fused-ring (bicyclic) bond motifs is 6. The van der Waals surface area contributed by atoms with Gasteiger partial charge in [-0.05, 0) is 96.1 Å². The first kappa shape index (κ1) is 29.0. The molecule has 0 aromatic heterocycles. The van der Waals surface area contributed by atoms with Gasteiger partial charge in [0.05, 0.1) is 25.3 Å². The Hall–Kier alpha value is -5.05. The van der Waals surface area contributed by atoms with Crippen molar-refractivity contribution in [1.82, 2.24) is 10.2 Å². The molecule has 9 heteroatoms. The minimum atomic E-state index is -0.416. The van der Waals surface area contributed by atoms with E-state index in [2.05, 4.69) is 5.32 Å². The number of amides is 2. The average Bonchev–Trinajstić information content (AvgIpc) is 3.03. The molecule has 3 aliphatic rings. The molecular weight excluding hydrogens is 563 g/mol. The fourth-order valence-corrected chi connectivity index (χ4v) is 5.76. The molecule has 0 aliphatic carbocycles. The van der Waals surface area contributed by atoms with Crippen LogP contribution in [0.5, 0.6) is 28.7 Å². The first-order valence-electron chi connectivity index (χ1n) is 14.7. The number of aromatic hydroxyl groups is 1. The van der Waals surface area contributed by atoms with Crippen LogP contribution in [0.15, 0.2) is 78.9 Å². The molecule has 0 fully saturated rings. The zero-order valence-corrected chi connectivity index (χ0v) is 24.3. The van der Waals surface area contributed by atoms with E-state index in [1.165, 1.54) is 24.3 Å². The Labute approximate surface area is 255 Å². The highest BCUT2D eigenvalue weighted by Gasteiger charge is 2.33. The van der Waals surface area contributed by atoms with Gasteiger partial charge in [0, 0.05) is 19.5 Å². The van der Waals surface area contributed by atoms with Crippen LogP contribution in [-0.4, -0.2) is 48.6 Å². The van der Waals surface area contributed by atoms with Crippen LogP contribution < -0.4 is 19.5 Å². The Morgan fingerprint density at radius 2 is 1.91 bits per heavy atom. The molecule has 8 bridgehead atoms. The molecule has 2 N–H and O–H groups in total. The molecule has 0 saturated heterocycles. The first-order valence-corrected chi connectivity index (χ1v) is 14.7. The van der Waals surface area contributed by atoms with E-state index < -0.39 is 11.9 Å². The van der Waals surface area contributed by atoms with Crippen LogP contribution in [0.1, 0.15) is 51.5 Å². The van der Waals surface area contributed by atoms with E-state index >= 15 is 0 Å². The highest BCUT2D eigenvalue weighted by Crippen LogP contribution is 2.43. The third-order valence-corrected chi connectivity index (χ3v) is 8.00. The maximum absolute atomic E-state index is 13.8. The highest BCUT2D eigenvalue weighted by atomic mass is 19.1. The van der Waals surface area contributed by atoms with Crippen LogP contribution in [0, 0.1) is 5.82 Å². The maximum atomic E-state index is 13.8. The number of halogens is 1. The van der Waals surface area contributed by atoms with Crippen molar-refractivity contribution in [2.75, 3.05) is 26.8 Å². The van der Waals surface area contributed by atoms with Gasteiger partial charge in [0.25, 0.3) is 5.91 Å². The average molecular weight is 597 g/mol. The summed E-state index contributed by atoms with van der Waals surface area (Å²) >= 11 is 0.